The lowest BCUT2D eigenvalue weighted by atomic mass is 10.1. The second-order valence-electron chi connectivity index (χ2n) is 5.61. The van der Waals surface area contributed by atoms with Crippen LogP contribution in [-0.4, -0.2) is 23.4 Å². The molecule has 2 aromatic rings. The third-order valence-corrected chi connectivity index (χ3v) is 5.42. The lowest BCUT2D eigenvalue weighted by Gasteiger charge is -2.31. The van der Waals surface area contributed by atoms with E-state index in [9.17, 15) is 4.79 Å². The van der Waals surface area contributed by atoms with Gasteiger partial charge in [-0.05, 0) is 48.1 Å². The Morgan fingerprint density at radius 1 is 1.36 bits per heavy atom. The van der Waals surface area contributed by atoms with Gasteiger partial charge in [0.15, 0.2) is 0 Å². The van der Waals surface area contributed by atoms with E-state index in [1.807, 2.05) is 42.5 Å². The first-order chi connectivity index (χ1) is 10.6. The summed E-state index contributed by atoms with van der Waals surface area (Å²) in [6, 6.07) is 9.62. The Hall–Kier alpha value is -1.36. The Morgan fingerprint density at radius 2 is 2.14 bits per heavy atom. The van der Waals surface area contributed by atoms with Crippen molar-refractivity contribution in [2.75, 3.05) is 6.54 Å². The topological polar surface area (TPSA) is 32.3 Å². The fraction of sp³-hybridized carbons (Fsp3) is 0.353. The largest absolute Gasteiger partial charge is 0.351 e. The van der Waals surface area contributed by atoms with Crippen molar-refractivity contribution in [3.8, 4) is 0 Å². The standard InChI is InChI=1S/C17H19ClN2OS/c1-12(20-8-6-16-14(11-20)7-9-22-16)17(21)19-10-13-2-4-15(18)5-3-13/h2-5,7,9,12H,6,8,10-11H2,1H3,(H,19,21). The van der Waals surface area contributed by atoms with E-state index in [4.69, 9.17) is 11.6 Å². The van der Waals surface area contributed by atoms with Gasteiger partial charge in [0, 0.05) is 29.5 Å². The zero-order valence-corrected chi connectivity index (χ0v) is 14.1. The zero-order chi connectivity index (χ0) is 15.5. The first kappa shape index (κ1) is 15.5. The number of halogens is 1. The highest BCUT2D eigenvalue weighted by molar-refractivity contribution is 7.10. The van der Waals surface area contributed by atoms with Crippen LogP contribution >= 0.6 is 22.9 Å². The fourth-order valence-electron chi connectivity index (χ4n) is 2.71. The fourth-order valence-corrected chi connectivity index (χ4v) is 3.72. The lowest BCUT2D eigenvalue weighted by Crippen LogP contribution is -2.46. The summed E-state index contributed by atoms with van der Waals surface area (Å²) < 4.78 is 0. The van der Waals surface area contributed by atoms with Crippen LogP contribution in [0, 0.1) is 0 Å². The number of thiophene rings is 1. The maximum atomic E-state index is 12.4. The third kappa shape index (κ3) is 3.51. The molecule has 1 unspecified atom stereocenters. The molecule has 0 radical (unpaired) electrons. The van der Waals surface area contributed by atoms with E-state index >= 15 is 0 Å². The maximum absolute atomic E-state index is 12.4. The van der Waals surface area contributed by atoms with Gasteiger partial charge in [-0.25, -0.2) is 0 Å². The molecule has 1 atom stereocenters. The molecule has 3 rings (SSSR count). The molecule has 22 heavy (non-hydrogen) atoms. The van der Waals surface area contributed by atoms with E-state index in [1.54, 1.807) is 0 Å². The maximum Gasteiger partial charge on any atom is 0.237 e. The Morgan fingerprint density at radius 3 is 2.91 bits per heavy atom. The second-order valence-corrected chi connectivity index (χ2v) is 7.05. The van der Waals surface area contributed by atoms with E-state index in [-0.39, 0.29) is 11.9 Å². The first-order valence-electron chi connectivity index (χ1n) is 7.45. The van der Waals surface area contributed by atoms with E-state index in [2.05, 4.69) is 21.7 Å². The van der Waals surface area contributed by atoms with Crippen LogP contribution < -0.4 is 5.32 Å². The summed E-state index contributed by atoms with van der Waals surface area (Å²) in [6.45, 7) is 4.34. The third-order valence-electron chi connectivity index (χ3n) is 4.14. The van der Waals surface area contributed by atoms with Gasteiger partial charge in [0.2, 0.25) is 5.91 Å². The Kier molecular flexibility index (Phi) is 4.81. The van der Waals surface area contributed by atoms with Crippen LogP contribution in [0.25, 0.3) is 0 Å². The molecule has 1 aromatic carbocycles. The Bertz CT molecular complexity index is 653. The highest BCUT2D eigenvalue weighted by Crippen LogP contribution is 2.25. The zero-order valence-electron chi connectivity index (χ0n) is 12.5. The van der Waals surface area contributed by atoms with Crippen molar-refractivity contribution in [3.05, 3.63) is 56.7 Å². The molecule has 0 spiro atoms. The summed E-state index contributed by atoms with van der Waals surface area (Å²) >= 11 is 7.68. The molecule has 0 bridgehead atoms. The normalized spacial score (nSPS) is 16.1. The lowest BCUT2D eigenvalue weighted by molar-refractivity contribution is -0.126. The molecular weight excluding hydrogens is 316 g/mol. The molecule has 2 heterocycles. The monoisotopic (exact) mass is 334 g/mol. The average Bonchev–Trinajstić information content (AvgIpc) is 3.00. The molecule has 1 N–H and O–H groups in total. The summed E-state index contributed by atoms with van der Waals surface area (Å²) in [6.07, 6.45) is 1.04. The van der Waals surface area contributed by atoms with Crippen LogP contribution in [0.3, 0.4) is 0 Å². The SMILES string of the molecule is CC(C(=O)NCc1ccc(Cl)cc1)N1CCc2sccc2C1. The van der Waals surface area contributed by atoms with Crippen molar-refractivity contribution in [1.82, 2.24) is 10.2 Å². The number of hydrogen-bond acceptors (Lipinski definition) is 3. The van der Waals surface area contributed by atoms with Gasteiger partial charge in [0.1, 0.15) is 0 Å². The van der Waals surface area contributed by atoms with Crippen molar-refractivity contribution in [1.29, 1.82) is 0 Å². The number of nitrogens with zero attached hydrogens (tertiary/aromatic N) is 1. The predicted molar refractivity (Wildman–Crippen MR) is 91.2 cm³/mol. The van der Waals surface area contributed by atoms with Crippen LogP contribution in [-0.2, 0) is 24.3 Å². The molecule has 0 aliphatic carbocycles. The highest BCUT2D eigenvalue weighted by Gasteiger charge is 2.25. The molecule has 0 saturated carbocycles. The summed E-state index contributed by atoms with van der Waals surface area (Å²) in [5.74, 6) is 0.0774. The Balaban J connectivity index is 1.55. The molecule has 5 heteroatoms. The van der Waals surface area contributed by atoms with Crippen LogP contribution in [0.4, 0.5) is 0 Å². The van der Waals surface area contributed by atoms with Crippen molar-refractivity contribution in [3.63, 3.8) is 0 Å². The summed E-state index contributed by atoms with van der Waals surface area (Å²) in [4.78, 5) is 16.1. The number of carbonyl (C=O) groups excluding carboxylic acids is 1. The minimum Gasteiger partial charge on any atom is -0.351 e. The van der Waals surface area contributed by atoms with E-state index in [0.717, 1.165) is 25.1 Å². The van der Waals surface area contributed by atoms with Gasteiger partial charge in [0.25, 0.3) is 0 Å². The summed E-state index contributed by atoms with van der Waals surface area (Å²) in [5.41, 5.74) is 2.43. The minimum atomic E-state index is -0.111. The first-order valence-corrected chi connectivity index (χ1v) is 8.70. The van der Waals surface area contributed by atoms with E-state index < -0.39 is 0 Å². The molecule has 0 fully saturated rings. The van der Waals surface area contributed by atoms with Crippen molar-refractivity contribution in [2.45, 2.75) is 32.5 Å². The summed E-state index contributed by atoms with van der Waals surface area (Å²) in [5, 5.41) is 5.86. The number of rotatable bonds is 4. The van der Waals surface area contributed by atoms with Crippen molar-refractivity contribution >= 4 is 28.8 Å². The average molecular weight is 335 g/mol. The summed E-state index contributed by atoms with van der Waals surface area (Å²) in [7, 11) is 0. The molecule has 1 aliphatic heterocycles. The molecule has 1 aliphatic rings. The van der Waals surface area contributed by atoms with E-state index in [0.29, 0.717) is 11.6 Å². The van der Waals surface area contributed by atoms with Crippen molar-refractivity contribution < 1.29 is 4.79 Å². The number of benzene rings is 1. The second kappa shape index (κ2) is 6.82. The number of nitrogens with one attached hydrogen (secondary N) is 1. The number of carbonyl (C=O) groups is 1. The van der Waals surface area contributed by atoms with Crippen LogP contribution in [0.2, 0.25) is 5.02 Å². The molecule has 0 saturated heterocycles. The van der Waals surface area contributed by atoms with E-state index in [1.165, 1.54) is 10.4 Å². The number of amides is 1. The highest BCUT2D eigenvalue weighted by atomic mass is 35.5. The van der Waals surface area contributed by atoms with Gasteiger partial charge in [-0.3, -0.25) is 9.69 Å². The van der Waals surface area contributed by atoms with Crippen LogP contribution in [0.15, 0.2) is 35.7 Å². The molecule has 116 valence electrons. The van der Waals surface area contributed by atoms with Gasteiger partial charge >= 0.3 is 0 Å². The van der Waals surface area contributed by atoms with Gasteiger partial charge in [-0.1, -0.05) is 23.7 Å². The smallest absolute Gasteiger partial charge is 0.237 e. The van der Waals surface area contributed by atoms with Crippen LogP contribution in [0.5, 0.6) is 0 Å². The molecule has 3 nitrogen and oxygen atoms in total. The quantitative estimate of drug-likeness (QED) is 0.928. The minimum absolute atomic E-state index is 0.0774. The van der Waals surface area contributed by atoms with Gasteiger partial charge < -0.3 is 5.32 Å². The van der Waals surface area contributed by atoms with Gasteiger partial charge in [0.05, 0.1) is 6.04 Å². The van der Waals surface area contributed by atoms with Crippen molar-refractivity contribution in [2.24, 2.45) is 0 Å². The molecule has 1 amide bonds. The number of hydrogen-bond donors (Lipinski definition) is 1. The molecule has 1 aromatic heterocycles. The number of fused-ring (bicyclic) bond motifs is 1. The molecular formula is C17H19ClN2OS. The van der Waals surface area contributed by atoms with Gasteiger partial charge in [-0.15, -0.1) is 11.3 Å². The van der Waals surface area contributed by atoms with Gasteiger partial charge in [-0.2, -0.15) is 0 Å². The van der Waals surface area contributed by atoms with Crippen LogP contribution in [0.1, 0.15) is 22.9 Å². The Labute approximate surface area is 139 Å². The predicted octanol–water partition coefficient (Wildman–Crippen LogP) is 3.46.